The van der Waals surface area contributed by atoms with Crippen molar-refractivity contribution in [3.63, 3.8) is 0 Å². The van der Waals surface area contributed by atoms with Crippen molar-refractivity contribution in [3.8, 4) is 11.5 Å². The fourth-order valence-electron chi connectivity index (χ4n) is 4.32. The molecule has 1 N–H and O–H groups in total. The molecule has 7 heteroatoms. The van der Waals surface area contributed by atoms with Gasteiger partial charge in [0.25, 0.3) is 12.3 Å². The predicted octanol–water partition coefficient (Wildman–Crippen LogP) is 2.54. The zero-order chi connectivity index (χ0) is 18.3. The molecule has 4 rings (SSSR count). The fourth-order valence-corrected chi connectivity index (χ4v) is 4.32. The number of aromatic nitrogens is 2. The summed E-state index contributed by atoms with van der Waals surface area (Å²) in [6.45, 7) is 2.94. The smallest absolute Gasteiger partial charge is 0.284 e. The number of aliphatic hydroxyl groups is 1. The van der Waals surface area contributed by atoms with E-state index in [-0.39, 0.29) is 11.3 Å². The van der Waals surface area contributed by atoms with Crippen molar-refractivity contribution in [3.05, 3.63) is 36.2 Å². The summed E-state index contributed by atoms with van der Waals surface area (Å²) in [5.74, 6) is 0.809. The molecule has 1 aromatic heterocycles. The van der Waals surface area contributed by atoms with Crippen LogP contribution in [-0.2, 0) is 10.2 Å². The standard InChI is InChI=1S/C19H22FN3O3/c1-12-11-23(17(25)15(20)24)10-7-14(12)19(8-9-19)18-22-21-16(26-18)13-5-3-2-4-6-13/h2-6,12,14-15,24H,7-11H2,1H3/t12-,14+,15+/m1/s1. The van der Waals surface area contributed by atoms with Gasteiger partial charge >= 0.3 is 0 Å². The number of halogens is 1. The van der Waals surface area contributed by atoms with E-state index in [4.69, 9.17) is 9.52 Å². The van der Waals surface area contributed by atoms with Crippen LogP contribution < -0.4 is 0 Å². The summed E-state index contributed by atoms with van der Waals surface area (Å²) in [6, 6.07) is 9.67. The third-order valence-corrected chi connectivity index (χ3v) is 5.79. The number of rotatable bonds is 4. The number of hydrogen-bond acceptors (Lipinski definition) is 5. The maximum Gasteiger partial charge on any atom is 0.284 e. The molecule has 3 atom stereocenters. The van der Waals surface area contributed by atoms with Gasteiger partial charge in [-0.3, -0.25) is 4.79 Å². The third kappa shape index (κ3) is 2.90. The minimum absolute atomic E-state index is 0.136. The first-order valence-electron chi connectivity index (χ1n) is 9.01. The first-order valence-corrected chi connectivity index (χ1v) is 9.01. The largest absolute Gasteiger partial charge is 0.420 e. The molecular weight excluding hydrogens is 337 g/mol. The van der Waals surface area contributed by atoms with Crippen LogP contribution in [0.3, 0.4) is 0 Å². The van der Waals surface area contributed by atoms with Gasteiger partial charge in [0.15, 0.2) is 0 Å². The lowest BCUT2D eigenvalue weighted by Gasteiger charge is -2.40. The molecule has 0 spiro atoms. The highest BCUT2D eigenvalue weighted by molar-refractivity contribution is 5.79. The van der Waals surface area contributed by atoms with Gasteiger partial charge in [-0.2, -0.15) is 0 Å². The molecule has 26 heavy (non-hydrogen) atoms. The Hall–Kier alpha value is -2.28. The number of nitrogens with zero attached hydrogens (tertiary/aromatic N) is 3. The second-order valence-corrected chi connectivity index (χ2v) is 7.43. The van der Waals surface area contributed by atoms with Crippen molar-refractivity contribution in [1.82, 2.24) is 15.1 Å². The van der Waals surface area contributed by atoms with E-state index in [0.717, 1.165) is 24.8 Å². The van der Waals surface area contributed by atoms with E-state index in [1.54, 1.807) is 0 Å². The second kappa shape index (κ2) is 6.46. The molecule has 0 unspecified atom stereocenters. The summed E-state index contributed by atoms with van der Waals surface area (Å²) in [5.41, 5.74) is 0.760. The Kier molecular flexibility index (Phi) is 4.26. The number of amides is 1. The van der Waals surface area contributed by atoms with Crippen LogP contribution >= 0.6 is 0 Å². The molecule has 138 valence electrons. The van der Waals surface area contributed by atoms with Gasteiger partial charge in [0, 0.05) is 18.7 Å². The number of piperidine rings is 1. The van der Waals surface area contributed by atoms with Crippen molar-refractivity contribution in [1.29, 1.82) is 0 Å². The maximum absolute atomic E-state index is 12.9. The summed E-state index contributed by atoms with van der Waals surface area (Å²) in [6.07, 6.45) is 0.275. The SMILES string of the molecule is C[C@@H]1CN(C(=O)[C@H](O)F)CC[C@@H]1C1(c2nnc(-c3ccccc3)o2)CC1. The number of carbonyl (C=O) groups is 1. The van der Waals surface area contributed by atoms with Crippen LogP contribution in [0.4, 0.5) is 4.39 Å². The van der Waals surface area contributed by atoms with Gasteiger partial charge in [-0.05, 0) is 43.2 Å². The number of hydrogen-bond donors (Lipinski definition) is 1. The van der Waals surface area contributed by atoms with Crippen molar-refractivity contribution >= 4 is 5.91 Å². The minimum Gasteiger partial charge on any atom is -0.420 e. The van der Waals surface area contributed by atoms with E-state index >= 15 is 0 Å². The Morgan fingerprint density at radius 3 is 2.69 bits per heavy atom. The monoisotopic (exact) mass is 359 g/mol. The third-order valence-electron chi connectivity index (χ3n) is 5.79. The predicted molar refractivity (Wildman–Crippen MR) is 91.6 cm³/mol. The lowest BCUT2D eigenvalue weighted by atomic mass is 9.75. The Morgan fingerprint density at radius 2 is 2.08 bits per heavy atom. The fraction of sp³-hybridized carbons (Fsp3) is 0.526. The molecule has 2 aliphatic rings. The van der Waals surface area contributed by atoms with Crippen LogP contribution in [0.25, 0.3) is 11.5 Å². The normalized spacial score (nSPS) is 25.7. The van der Waals surface area contributed by atoms with Crippen LogP contribution in [0.2, 0.25) is 0 Å². The van der Waals surface area contributed by atoms with E-state index in [2.05, 4.69) is 17.1 Å². The highest BCUT2D eigenvalue weighted by Crippen LogP contribution is 2.57. The van der Waals surface area contributed by atoms with Gasteiger partial charge in [-0.1, -0.05) is 25.1 Å². The lowest BCUT2D eigenvalue weighted by Crippen LogP contribution is -2.48. The summed E-state index contributed by atoms with van der Waals surface area (Å²) < 4.78 is 18.9. The molecule has 6 nitrogen and oxygen atoms in total. The number of carbonyl (C=O) groups excluding carboxylic acids is 1. The van der Waals surface area contributed by atoms with Crippen LogP contribution in [0, 0.1) is 11.8 Å². The van der Waals surface area contributed by atoms with Crippen molar-refractivity contribution in [2.75, 3.05) is 13.1 Å². The molecule has 1 aliphatic heterocycles. The van der Waals surface area contributed by atoms with E-state index in [0.29, 0.717) is 30.8 Å². The lowest BCUT2D eigenvalue weighted by molar-refractivity contribution is -0.152. The van der Waals surface area contributed by atoms with Gasteiger partial charge in [0.1, 0.15) is 0 Å². The highest BCUT2D eigenvalue weighted by Gasteiger charge is 2.57. The molecule has 1 aromatic carbocycles. The average molecular weight is 359 g/mol. The van der Waals surface area contributed by atoms with Gasteiger partial charge in [0.2, 0.25) is 11.8 Å². The zero-order valence-electron chi connectivity index (χ0n) is 14.6. The van der Waals surface area contributed by atoms with E-state index in [9.17, 15) is 9.18 Å². The molecule has 0 bridgehead atoms. The Morgan fingerprint density at radius 1 is 1.35 bits per heavy atom. The molecule has 1 amide bonds. The molecule has 1 saturated carbocycles. The number of benzene rings is 1. The number of likely N-dealkylation sites (tertiary alicyclic amines) is 1. The van der Waals surface area contributed by atoms with Gasteiger partial charge in [-0.25, -0.2) is 4.39 Å². The molecule has 2 heterocycles. The minimum atomic E-state index is -2.43. The van der Waals surface area contributed by atoms with Crippen molar-refractivity contribution < 1.29 is 18.7 Å². The van der Waals surface area contributed by atoms with E-state index in [1.807, 2.05) is 30.3 Å². The summed E-state index contributed by atoms with van der Waals surface area (Å²) >= 11 is 0. The topological polar surface area (TPSA) is 79.5 Å². The summed E-state index contributed by atoms with van der Waals surface area (Å²) in [5, 5.41) is 17.4. The molecular formula is C19H22FN3O3. The Bertz CT molecular complexity index is 788. The maximum atomic E-state index is 12.9. The van der Waals surface area contributed by atoms with Gasteiger partial charge < -0.3 is 14.4 Å². The van der Waals surface area contributed by atoms with Crippen molar-refractivity contribution in [2.45, 2.75) is 38.0 Å². The molecule has 1 saturated heterocycles. The molecule has 2 fully saturated rings. The molecule has 0 radical (unpaired) electrons. The molecule has 2 aromatic rings. The average Bonchev–Trinajstić information content (AvgIpc) is 3.29. The highest BCUT2D eigenvalue weighted by atomic mass is 19.1. The van der Waals surface area contributed by atoms with Crippen LogP contribution in [0.5, 0.6) is 0 Å². The van der Waals surface area contributed by atoms with Crippen molar-refractivity contribution in [2.24, 2.45) is 11.8 Å². The van der Waals surface area contributed by atoms with E-state index < -0.39 is 12.3 Å². The first-order chi connectivity index (χ1) is 12.5. The zero-order valence-corrected chi connectivity index (χ0v) is 14.6. The van der Waals surface area contributed by atoms with Crippen LogP contribution in [0.15, 0.2) is 34.7 Å². The summed E-state index contributed by atoms with van der Waals surface area (Å²) in [4.78, 5) is 13.1. The number of alkyl halides is 1. The van der Waals surface area contributed by atoms with Crippen LogP contribution in [0.1, 0.15) is 32.1 Å². The Balaban J connectivity index is 1.52. The summed E-state index contributed by atoms with van der Waals surface area (Å²) in [7, 11) is 0. The molecule has 1 aliphatic carbocycles. The Labute approximate surface area is 151 Å². The first kappa shape index (κ1) is 17.1. The van der Waals surface area contributed by atoms with Gasteiger partial charge in [0.05, 0.1) is 5.41 Å². The number of aliphatic hydroxyl groups excluding tert-OH is 1. The second-order valence-electron chi connectivity index (χ2n) is 7.43. The van der Waals surface area contributed by atoms with E-state index in [1.165, 1.54) is 4.90 Å². The van der Waals surface area contributed by atoms with Gasteiger partial charge in [-0.15, -0.1) is 10.2 Å². The van der Waals surface area contributed by atoms with Crippen LogP contribution in [-0.4, -0.2) is 45.6 Å². The quantitative estimate of drug-likeness (QED) is 0.907.